The van der Waals surface area contributed by atoms with E-state index in [9.17, 15) is 18.0 Å². The second-order valence-electron chi connectivity index (χ2n) is 6.49. The summed E-state index contributed by atoms with van der Waals surface area (Å²) < 4.78 is 45.6. The summed E-state index contributed by atoms with van der Waals surface area (Å²) >= 11 is 7.45. The molecule has 0 N–H and O–H groups in total. The Bertz CT molecular complexity index is 1190. The van der Waals surface area contributed by atoms with Gasteiger partial charge in [0.05, 0.1) is 23.6 Å². The number of hydrogen-bond donors (Lipinski definition) is 0. The molecule has 0 unspecified atom stereocenters. The maximum Gasteiger partial charge on any atom is 0.416 e. The van der Waals surface area contributed by atoms with Crippen molar-refractivity contribution in [3.8, 4) is 23.8 Å². The van der Waals surface area contributed by atoms with Gasteiger partial charge in [0.1, 0.15) is 11.5 Å². The van der Waals surface area contributed by atoms with Gasteiger partial charge in [-0.1, -0.05) is 29.7 Å². The van der Waals surface area contributed by atoms with E-state index < -0.39 is 11.7 Å². The summed E-state index contributed by atoms with van der Waals surface area (Å²) in [6, 6.07) is 11.0. The van der Waals surface area contributed by atoms with Crippen LogP contribution in [0.1, 0.15) is 16.8 Å². The molecule has 160 valence electrons. The van der Waals surface area contributed by atoms with E-state index in [1.165, 1.54) is 23.7 Å². The number of nitrogens with zero attached hydrogens (tertiary/aromatic N) is 2. The Kier molecular flexibility index (Phi) is 6.88. The van der Waals surface area contributed by atoms with Crippen molar-refractivity contribution in [2.24, 2.45) is 4.99 Å². The van der Waals surface area contributed by atoms with Crippen LogP contribution in [0.25, 0.3) is 0 Å². The second kappa shape index (κ2) is 9.41. The Hall–Kier alpha value is -3.02. The Morgan fingerprint density at radius 1 is 1.16 bits per heavy atom. The molecule has 1 aromatic heterocycles. The minimum absolute atomic E-state index is 0.0585. The smallest absolute Gasteiger partial charge is 0.416 e. The van der Waals surface area contributed by atoms with Crippen LogP contribution >= 0.6 is 23.1 Å². The predicted octanol–water partition coefficient (Wildman–Crippen LogP) is 5.63. The number of terminal acetylenes is 1. The zero-order chi connectivity index (χ0) is 22.6. The molecular weight excluding hydrogens is 449 g/mol. The molecule has 4 nitrogen and oxygen atoms in total. The quantitative estimate of drug-likeness (QED) is 0.459. The highest BCUT2D eigenvalue weighted by molar-refractivity contribution is 7.04. The van der Waals surface area contributed by atoms with Crippen molar-refractivity contribution >= 4 is 29.0 Å². The molecule has 9 heteroatoms. The molecule has 0 atom stereocenters. The third kappa shape index (κ3) is 5.78. The standard InChI is InChI=1S/C22H16ClF3N2O2S/c1-3-12-28-14(2)20(23)21(31-28)27-19(29)13-15-4-8-17(9-5-15)30-18-10-6-16(7-11-18)22(24,25)26/h1,4-11H,12-13H2,2H3. The van der Waals surface area contributed by atoms with Gasteiger partial charge in [-0.3, -0.25) is 8.75 Å². The first-order valence-electron chi connectivity index (χ1n) is 8.98. The minimum atomic E-state index is -4.40. The zero-order valence-electron chi connectivity index (χ0n) is 16.2. The number of rotatable bonds is 5. The highest BCUT2D eigenvalue weighted by atomic mass is 35.5. The number of hydrogen-bond acceptors (Lipinski definition) is 3. The van der Waals surface area contributed by atoms with E-state index >= 15 is 0 Å². The highest BCUT2D eigenvalue weighted by Gasteiger charge is 2.30. The Labute approximate surface area is 185 Å². The molecule has 0 radical (unpaired) electrons. The number of halogens is 4. The van der Waals surface area contributed by atoms with Crippen LogP contribution in [0.15, 0.2) is 53.5 Å². The monoisotopic (exact) mass is 464 g/mol. The summed E-state index contributed by atoms with van der Waals surface area (Å²) in [7, 11) is 0. The van der Waals surface area contributed by atoms with Crippen molar-refractivity contribution in [1.82, 2.24) is 3.96 Å². The molecule has 0 fully saturated rings. The van der Waals surface area contributed by atoms with Crippen molar-refractivity contribution in [1.29, 1.82) is 0 Å². The fraction of sp³-hybridized carbons (Fsp3) is 0.182. The first-order valence-corrected chi connectivity index (χ1v) is 10.1. The molecule has 3 rings (SSSR count). The van der Waals surface area contributed by atoms with Crippen LogP contribution in [0.2, 0.25) is 5.02 Å². The van der Waals surface area contributed by atoms with Crippen molar-refractivity contribution in [3.05, 3.63) is 75.0 Å². The van der Waals surface area contributed by atoms with Crippen LogP contribution < -0.4 is 9.41 Å². The number of ether oxygens (including phenoxy) is 1. The molecule has 1 amide bonds. The molecule has 0 aliphatic heterocycles. The molecule has 31 heavy (non-hydrogen) atoms. The molecule has 0 saturated carbocycles. The van der Waals surface area contributed by atoms with Crippen molar-refractivity contribution in [2.45, 2.75) is 26.1 Å². The molecule has 0 aliphatic carbocycles. The van der Waals surface area contributed by atoms with Gasteiger partial charge < -0.3 is 4.74 Å². The van der Waals surface area contributed by atoms with E-state index in [4.69, 9.17) is 22.8 Å². The van der Waals surface area contributed by atoms with E-state index in [-0.39, 0.29) is 18.1 Å². The van der Waals surface area contributed by atoms with Crippen LogP contribution in [0.5, 0.6) is 11.5 Å². The first-order chi connectivity index (χ1) is 14.7. The molecule has 0 bridgehead atoms. The molecule has 2 aromatic carbocycles. The van der Waals surface area contributed by atoms with Gasteiger partial charge in [0, 0.05) is 5.69 Å². The maximum atomic E-state index is 12.6. The normalized spacial score (nSPS) is 11.9. The summed E-state index contributed by atoms with van der Waals surface area (Å²) in [5.41, 5.74) is 0.707. The number of benzene rings is 2. The number of alkyl halides is 3. The van der Waals surface area contributed by atoms with Gasteiger partial charge in [0.15, 0.2) is 4.67 Å². The zero-order valence-corrected chi connectivity index (χ0v) is 17.8. The molecule has 0 saturated heterocycles. The topological polar surface area (TPSA) is 43.6 Å². The third-order valence-electron chi connectivity index (χ3n) is 4.23. The average Bonchev–Trinajstić information content (AvgIpc) is 2.97. The number of aromatic nitrogens is 1. The Morgan fingerprint density at radius 3 is 2.29 bits per heavy atom. The summed E-state index contributed by atoms with van der Waals surface area (Å²) in [6.45, 7) is 2.15. The Balaban J connectivity index is 1.66. The molecule has 0 aliphatic rings. The maximum absolute atomic E-state index is 12.6. The summed E-state index contributed by atoms with van der Waals surface area (Å²) in [4.78, 5) is 16.4. The van der Waals surface area contributed by atoms with Crippen molar-refractivity contribution in [3.63, 3.8) is 0 Å². The van der Waals surface area contributed by atoms with Gasteiger partial charge in [-0.05, 0) is 60.4 Å². The van der Waals surface area contributed by atoms with Gasteiger partial charge in [-0.2, -0.15) is 18.2 Å². The van der Waals surface area contributed by atoms with E-state index in [2.05, 4.69) is 10.9 Å². The Morgan fingerprint density at radius 2 is 1.74 bits per heavy atom. The SMILES string of the molecule is C#CCn1sc(=NC(=O)Cc2ccc(Oc3ccc(C(F)(F)F)cc3)cc2)c(Cl)c1C. The fourth-order valence-electron chi connectivity index (χ4n) is 2.63. The second-order valence-corrected chi connectivity index (χ2v) is 7.88. The van der Waals surface area contributed by atoms with Crippen molar-refractivity contribution < 1.29 is 22.7 Å². The first kappa shape index (κ1) is 22.7. The van der Waals surface area contributed by atoms with Gasteiger partial charge in [-0.15, -0.1) is 6.42 Å². The lowest BCUT2D eigenvalue weighted by atomic mass is 10.1. The lowest BCUT2D eigenvalue weighted by molar-refractivity contribution is -0.137. The van der Waals surface area contributed by atoms with Crippen LogP contribution in [-0.4, -0.2) is 9.86 Å². The largest absolute Gasteiger partial charge is 0.457 e. The summed E-state index contributed by atoms with van der Waals surface area (Å²) in [6.07, 6.45) is 0.978. The fourth-order valence-corrected chi connectivity index (χ4v) is 3.88. The van der Waals surface area contributed by atoms with E-state index in [1.807, 2.05) is 0 Å². The average molecular weight is 465 g/mol. The van der Waals surface area contributed by atoms with Gasteiger partial charge >= 0.3 is 6.18 Å². The van der Waals surface area contributed by atoms with Gasteiger partial charge in [-0.25, -0.2) is 0 Å². The summed E-state index contributed by atoms with van der Waals surface area (Å²) in [5, 5.41) is 0.397. The van der Waals surface area contributed by atoms with Crippen LogP contribution in [0.3, 0.4) is 0 Å². The molecule has 3 aromatic rings. The van der Waals surface area contributed by atoms with Crippen LogP contribution in [0.4, 0.5) is 13.2 Å². The number of amides is 1. The van der Waals surface area contributed by atoms with E-state index in [0.29, 0.717) is 27.6 Å². The van der Waals surface area contributed by atoms with Crippen LogP contribution in [-0.2, 0) is 23.9 Å². The molecule has 1 heterocycles. The highest BCUT2D eigenvalue weighted by Crippen LogP contribution is 2.31. The molecule has 0 spiro atoms. The number of carbonyl (C=O) groups excluding carboxylic acids is 1. The lowest BCUT2D eigenvalue weighted by Gasteiger charge is -2.09. The van der Waals surface area contributed by atoms with Gasteiger partial charge in [0.25, 0.3) is 5.91 Å². The third-order valence-corrected chi connectivity index (χ3v) is 5.89. The molecular formula is C22H16ClF3N2O2S. The lowest BCUT2D eigenvalue weighted by Crippen LogP contribution is -2.06. The predicted molar refractivity (Wildman–Crippen MR) is 113 cm³/mol. The summed E-state index contributed by atoms with van der Waals surface area (Å²) in [5.74, 6) is 2.85. The number of carbonyl (C=O) groups is 1. The van der Waals surface area contributed by atoms with E-state index in [0.717, 1.165) is 17.8 Å². The van der Waals surface area contributed by atoms with Gasteiger partial charge in [0.2, 0.25) is 0 Å². The minimum Gasteiger partial charge on any atom is -0.457 e. The van der Waals surface area contributed by atoms with Crippen LogP contribution in [0, 0.1) is 19.3 Å². The van der Waals surface area contributed by atoms with E-state index in [1.54, 1.807) is 35.1 Å². The van der Waals surface area contributed by atoms with Crippen molar-refractivity contribution in [2.75, 3.05) is 0 Å².